The number of rotatable bonds is 8. The molecule has 1 aromatic heterocycles. The molecular weight excluding hydrogens is 274 g/mol. The minimum absolute atomic E-state index is 0.372. The number of nitrogen functional groups attached to an aromatic ring is 1. The Hall–Kier alpha value is -1.36. The molecule has 22 heavy (non-hydrogen) atoms. The van der Waals surface area contributed by atoms with Crippen LogP contribution in [0.4, 0.5) is 11.8 Å². The van der Waals surface area contributed by atoms with Crippen LogP contribution in [-0.2, 0) is 6.42 Å². The lowest BCUT2D eigenvalue weighted by Gasteiger charge is -2.26. The van der Waals surface area contributed by atoms with Crippen LogP contribution in [0, 0.1) is 6.92 Å². The molecule has 1 aliphatic rings. The summed E-state index contributed by atoms with van der Waals surface area (Å²) in [6, 6.07) is 0. The van der Waals surface area contributed by atoms with E-state index in [2.05, 4.69) is 27.1 Å². The highest BCUT2D eigenvalue weighted by molar-refractivity contribution is 5.49. The summed E-state index contributed by atoms with van der Waals surface area (Å²) in [5.41, 5.74) is 8.06. The molecule has 0 aliphatic carbocycles. The van der Waals surface area contributed by atoms with E-state index in [1.807, 2.05) is 6.92 Å². The summed E-state index contributed by atoms with van der Waals surface area (Å²) in [6.45, 7) is 8.89. The van der Waals surface area contributed by atoms with Gasteiger partial charge in [0.1, 0.15) is 5.82 Å². The Bertz CT molecular complexity index is 455. The number of nitrogens with zero attached hydrogens (tertiary/aromatic N) is 3. The average molecular weight is 305 g/mol. The summed E-state index contributed by atoms with van der Waals surface area (Å²) in [7, 11) is 0. The SMILES string of the molecule is CCCCNc1nc(N)nc(C)c1CCCN1CCCCC1. The molecule has 3 N–H and O–H groups in total. The van der Waals surface area contributed by atoms with Crippen LogP contribution >= 0.6 is 0 Å². The van der Waals surface area contributed by atoms with E-state index in [9.17, 15) is 0 Å². The Morgan fingerprint density at radius 2 is 1.91 bits per heavy atom. The fourth-order valence-corrected chi connectivity index (χ4v) is 3.11. The second-order valence-electron chi connectivity index (χ2n) is 6.28. The molecule has 0 saturated carbocycles. The fourth-order valence-electron chi connectivity index (χ4n) is 3.11. The van der Waals surface area contributed by atoms with Crippen molar-refractivity contribution >= 4 is 11.8 Å². The van der Waals surface area contributed by atoms with Gasteiger partial charge in [0.2, 0.25) is 5.95 Å². The van der Waals surface area contributed by atoms with Crippen LogP contribution in [0.1, 0.15) is 56.7 Å². The highest BCUT2D eigenvalue weighted by atomic mass is 15.1. The summed E-state index contributed by atoms with van der Waals surface area (Å²) < 4.78 is 0. The van der Waals surface area contributed by atoms with Gasteiger partial charge in [-0.25, -0.2) is 4.98 Å². The van der Waals surface area contributed by atoms with Gasteiger partial charge in [-0.1, -0.05) is 19.8 Å². The number of hydrogen-bond acceptors (Lipinski definition) is 5. The molecule has 0 bridgehead atoms. The van der Waals surface area contributed by atoms with Crippen molar-refractivity contribution in [2.24, 2.45) is 0 Å². The monoisotopic (exact) mass is 305 g/mol. The maximum absolute atomic E-state index is 5.81. The van der Waals surface area contributed by atoms with Gasteiger partial charge in [-0.3, -0.25) is 0 Å². The Labute approximate surface area is 134 Å². The van der Waals surface area contributed by atoms with Gasteiger partial charge < -0.3 is 16.0 Å². The molecule has 0 spiro atoms. The minimum Gasteiger partial charge on any atom is -0.370 e. The fraction of sp³-hybridized carbons (Fsp3) is 0.765. The highest BCUT2D eigenvalue weighted by Crippen LogP contribution is 2.20. The number of aryl methyl sites for hydroxylation is 1. The predicted octanol–water partition coefficient (Wildman–Crippen LogP) is 3.00. The van der Waals surface area contributed by atoms with E-state index in [1.54, 1.807) is 0 Å². The molecule has 5 heteroatoms. The predicted molar refractivity (Wildman–Crippen MR) is 93.2 cm³/mol. The zero-order valence-electron chi connectivity index (χ0n) is 14.2. The summed E-state index contributed by atoms with van der Waals surface area (Å²) in [4.78, 5) is 11.3. The molecule has 0 aromatic carbocycles. The maximum Gasteiger partial charge on any atom is 0.222 e. The van der Waals surface area contributed by atoms with Crippen molar-refractivity contribution in [2.45, 2.75) is 58.8 Å². The zero-order valence-corrected chi connectivity index (χ0v) is 14.2. The van der Waals surface area contributed by atoms with Crippen molar-refractivity contribution in [1.82, 2.24) is 14.9 Å². The molecular formula is C17H31N5. The number of anilines is 2. The molecule has 2 heterocycles. The van der Waals surface area contributed by atoms with E-state index in [4.69, 9.17) is 5.73 Å². The Morgan fingerprint density at radius 1 is 1.14 bits per heavy atom. The lowest BCUT2D eigenvalue weighted by Crippen LogP contribution is -2.30. The van der Waals surface area contributed by atoms with Gasteiger partial charge in [-0.2, -0.15) is 4.98 Å². The van der Waals surface area contributed by atoms with Gasteiger partial charge in [0.15, 0.2) is 0 Å². The number of likely N-dealkylation sites (tertiary alicyclic amines) is 1. The molecule has 1 fully saturated rings. The normalized spacial score (nSPS) is 15.9. The van der Waals surface area contributed by atoms with Crippen LogP contribution in [0.3, 0.4) is 0 Å². The van der Waals surface area contributed by atoms with Crippen molar-refractivity contribution in [1.29, 1.82) is 0 Å². The summed E-state index contributed by atoms with van der Waals surface area (Å²) >= 11 is 0. The van der Waals surface area contributed by atoms with Crippen molar-refractivity contribution in [3.63, 3.8) is 0 Å². The zero-order chi connectivity index (χ0) is 15.8. The lowest BCUT2D eigenvalue weighted by molar-refractivity contribution is 0.226. The van der Waals surface area contributed by atoms with E-state index in [0.29, 0.717) is 5.95 Å². The van der Waals surface area contributed by atoms with E-state index in [0.717, 1.165) is 37.3 Å². The number of nitrogens with two attached hydrogens (primary N) is 1. The van der Waals surface area contributed by atoms with Crippen LogP contribution < -0.4 is 11.1 Å². The van der Waals surface area contributed by atoms with Gasteiger partial charge in [0, 0.05) is 17.8 Å². The number of nitrogens with one attached hydrogen (secondary N) is 1. The van der Waals surface area contributed by atoms with Crippen LogP contribution in [0.15, 0.2) is 0 Å². The van der Waals surface area contributed by atoms with E-state index in [-0.39, 0.29) is 0 Å². The minimum atomic E-state index is 0.372. The second-order valence-corrected chi connectivity index (χ2v) is 6.28. The van der Waals surface area contributed by atoms with Crippen molar-refractivity contribution in [3.05, 3.63) is 11.3 Å². The number of unbranched alkanes of at least 4 members (excludes halogenated alkanes) is 1. The lowest BCUT2D eigenvalue weighted by atomic mass is 10.1. The summed E-state index contributed by atoms with van der Waals surface area (Å²) in [5, 5.41) is 3.44. The Morgan fingerprint density at radius 3 is 2.64 bits per heavy atom. The summed E-state index contributed by atoms with van der Waals surface area (Å²) in [6.07, 6.45) is 8.62. The van der Waals surface area contributed by atoms with Crippen molar-refractivity contribution in [2.75, 3.05) is 37.2 Å². The maximum atomic E-state index is 5.81. The van der Waals surface area contributed by atoms with Crippen LogP contribution in [0.2, 0.25) is 0 Å². The molecule has 2 rings (SSSR count). The van der Waals surface area contributed by atoms with Crippen molar-refractivity contribution in [3.8, 4) is 0 Å². The average Bonchev–Trinajstić information content (AvgIpc) is 2.51. The van der Waals surface area contributed by atoms with E-state index < -0.39 is 0 Å². The molecule has 1 aliphatic heterocycles. The molecule has 1 saturated heterocycles. The van der Waals surface area contributed by atoms with Gasteiger partial charge in [0.25, 0.3) is 0 Å². The first-order valence-corrected chi connectivity index (χ1v) is 8.80. The molecule has 0 radical (unpaired) electrons. The third kappa shape index (κ3) is 5.13. The largest absolute Gasteiger partial charge is 0.370 e. The first-order chi connectivity index (χ1) is 10.7. The van der Waals surface area contributed by atoms with Gasteiger partial charge in [-0.15, -0.1) is 0 Å². The van der Waals surface area contributed by atoms with Crippen molar-refractivity contribution < 1.29 is 0 Å². The first kappa shape index (κ1) is 17.0. The topological polar surface area (TPSA) is 67.1 Å². The molecule has 0 atom stereocenters. The molecule has 124 valence electrons. The Balaban J connectivity index is 1.92. The van der Waals surface area contributed by atoms with Gasteiger partial charge in [0.05, 0.1) is 0 Å². The van der Waals surface area contributed by atoms with Gasteiger partial charge >= 0.3 is 0 Å². The number of aromatic nitrogens is 2. The third-order valence-corrected chi connectivity index (χ3v) is 4.40. The smallest absolute Gasteiger partial charge is 0.222 e. The Kier molecular flexibility index (Phi) is 6.90. The standard InChI is InChI=1S/C17H31N5/c1-3-4-10-19-16-15(14(2)20-17(18)21-16)9-8-13-22-11-6-5-7-12-22/h3-13H2,1-2H3,(H3,18,19,20,21). The van der Waals surface area contributed by atoms with Gasteiger partial charge in [-0.05, 0) is 58.7 Å². The third-order valence-electron chi connectivity index (χ3n) is 4.40. The molecule has 0 amide bonds. The van der Waals surface area contributed by atoms with Crippen LogP contribution in [-0.4, -0.2) is 41.0 Å². The van der Waals surface area contributed by atoms with E-state index >= 15 is 0 Å². The highest BCUT2D eigenvalue weighted by Gasteiger charge is 2.13. The quantitative estimate of drug-likeness (QED) is 0.723. The number of hydrogen-bond donors (Lipinski definition) is 2. The number of piperidine rings is 1. The van der Waals surface area contributed by atoms with Crippen LogP contribution in [0.5, 0.6) is 0 Å². The molecule has 1 aromatic rings. The molecule has 0 unspecified atom stereocenters. The summed E-state index contributed by atoms with van der Waals surface area (Å²) in [5.74, 6) is 1.31. The molecule has 5 nitrogen and oxygen atoms in total. The van der Waals surface area contributed by atoms with Crippen LogP contribution in [0.25, 0.3) is 0 Å². The van der Waals surface area contributed by atoms with E-state index in [1.165, 1.54) is 50.9 Å². The second kappa shape index (κ2) is 8.93. The first-order valence-electron chi connectivity index (χ1n) is 8.80.